The van der Waals surface area contributed by atoms with E-state index in [4.69, 9.17) is 21.1 Å². The molecule has 1 aromatic heterocycles. The van der Waals surface area contributed by atoms with Crippen molar-refractivity contribution in [3.63, 3.8) is 0 Å². The predicted molar refractivity (Wildman–Crippen MR) is 86.6 cm³/mol. The minimum absolute atomic E-state index is 0.457. The number of aromatic nitrogens is 1. The SMILES string of the molecule is COc1cc(OC)c2c(-c3ccc(Cl)cc3)c[nH]c2c1C#N. The normalized spacial score (nSPS) is 10.5. The summed E-state index contributed by atoms with van der Waals surface area (Å²) in [5.41, 5.74) is 3.09. The van der Waals surface area contributed by atoms with Gasteiger partial charge in [-0.05, 0) is 17.7 Å². The summed E-state index contributed by atoms with van der Waals surface area (Å²) >= 11 is 5.95. The molecule has 110 valence electrons. The maximum absolute atomic E-state index is 9.42. The first-order chi connectivity index (χ1) is 10.7. The molecule has 0 aliphatic rings. The van der Waals surface area contributed by atoms with Crippen molar-refractivity contribution in [1.29, 1.82) is 5.26 Å². The second kappa shape index (κ2) is 5.63. The zero-order chi connectivity index (χ0) is 15.7. The fourth-order valence-electron chi connectivity index (χ4n) is 2.55. The number of halogens is 1. The van der Waals surface area contributed by atoms with Crippen LogP contribution in [0.2, 0.25) is 5.02 Å². The Hall–Kier alpha value is -2.64. The number of hydrogen-bond donors (Lipinski definition) is 1. The van der Waals surface area contributed by atoms with Gasteiger partial charge in [-0.2, -0.15) is 5.26 Å². The Morgan fingerprint density at radius 3 is 2.36 bits per heavy atom. The molecule has 0 aliphatic heterocycles. The van der Waals surface area contributed by atoms with Crippen LogP contribution in [0.3, 0.4) is 0 Å². The number of nitriles is 1. The highest BCUT2D eigenvalue weighted by Crippen LogP contribution is 2.41. The maximum Gasteiger partial charge on any atom is 0.142 e. The summed E-state index contributed by atoms with van der Waals surface area (Å²) in [6.07, 6.45) is 1.86. The van der Waals surface area contributed by atoms with Gasteiger partial charge in [0.15, 0.2) is 0 Å². The Morgan fingerprint density at radius 1 is 1.09 bits per heavy atom. The topological polar surface area (TPSA) is 58.0 Å². The minimum atomic E-state index is 0.457. The van der Waals surface area contributed by atoms with E-state index in [1.54, 1.807) is 13.2 Å². The molecule has 0 aliphatic carbocycles. The van der Waals surface area contributed by atoms with E-state index in [-0.39, 0.29) is 0 Å². The number of ether oxygens (including phenoxy) is 2. The van der Waals surface area contributed by atoms with Gasteiger partial charge in [0, 0.05) is 22.8 Å². The van der Waals surface area contributed by atoms with Crippen molar-refractivity contribution in [1.82, 2.24) is 4.98 Å². The quantitative estimate of drug-likeness (QED) is 0.781. The highest BCUT2D eigenvalue weighted by atomic mass is 35.5. The Labute approximate surface area is 132 Å². The van der Waals surface area contributed by atoms with Crippen LogP contribution in [0.15, 0.2) is 36.5 Å². The largest absolute Gasteiger partial charge is 0.496 e. The fraction of sp³-hybridized carbons (Fsp3) is 0.118. The third-order valence-corrected chi connectivity index (χ3v) is 3.84. The molecule has 0 saturated carbocycles. The Bertz CT molecular complexity index is 876. The average molecular weight is 313 g/mol. The Kier molecular flexibility index (Phi) is 3.66. The zero-order valence-corrected chi connectivity index (χ0v) is 12.9. The van der Waals surface area contributed by atoms with Crippen LogP contribution in [0.4, 0.5) is 0 Å². The van der Waals surface area contributed by atoms with Crippen molar-refractivity contribution in [3.8, 4) is 28.7 Å². The molecule has 0 saturated heterocycles. The number of hydrogen-bond acceptors (Lipinski definition) is 3. The summed E-state index contributed by atoms with van der Waals surface area (Å²) in [7, 11) is 3.13. The molecule has 5 heteroatoms. The maximum atomic E-state index is 9.42. The molecule has 0 fully saturated rings. The molecule has 22 heavy (non-hydrogen) atoms. The Balaban J connectivity index is 2.35. The third kappa shape index (κ3) is 2.16. The molecular formula is C17H13ClN2O2. The summed E-state index contributed by atoms with van der Waals surface area (Å²) in [5, 5.41) is 10.9. The first-order valence-corrected chi connectivity index (χ1v) is 6.99. The van der Waals surface area contributed by atoms with Crippen molar-refractivity contribution in [2.75, 3.05) is 14.2 Å². The van der Waals surface area contributed by atoms with E-state index in [0.717, 1.165) is 16.5 Å². The van der Waals surface area contributed by atoms with Gasteiger partial charge in [-0.1, -0.05) is 23.7 Å². The molecule has 3 aromatic rings. The molecule has 0 spiro atoms. The van der Waals surface area contributed by atoms with Gasteiger partial charge in [0.1, 0.15) is 23.1 Å². The average Bonchev–Trinajstić information content (AvgIpc) is 2.98. The van der Waals surface area contributed by atoms with Crippen LogP contribution in [-0.4, -0.2) is 19.2 Å². The van der Waals surface area contributed by atoms with Crippen LogP contribution in [0.5, 0.6) is 11.5 Å². The lowest BCUT2D eigenvalue weighted by molar-refractivity contribution is 0.397. The molecule has 0 bridgehead atoms. The third-order valence-electron chi connectivity index (χ3n) is 3.59. The van der Waals surface area contributed by atoms with Crippen molar-refractivity contribution < 1.29 is 9.47 Å². The molecule has 0 unspecified atom stereocenters. The van der Waals surface area contributed by atoms with Crippen LogP contribution < -0.4 is 9.47 Å². The Morgan fingerprint density at radius 2 is 1.77 bits per heavy atom. The molecule has 0 radical (unpaired) electrons. The molecule has 1 heterocycles. The van der Waals surface area contributed by atoms with E-state index in [1.807, 2.05) is 30.5 Å². The zero-order valence-electron chi connectivity index (χ0n) is 12.1. The number of nitrogens with zero attached hydrogens (tertiary/aromatic N) is 1. The van der Waals surface area contributed by atoms with Crippen LogP contribution in [0, 0.1) is 11.3 Å². The molecule has 1 N–H and O–H groups in total. The minimum Gasteiger partial charge on any atom is -0.496 e. The number of benzene rings is 2. The van der Waals surface area contributed by atoms with Crippen LogP contribution in [0.1, 0.15) is 5.56 Å². The van der Waals surface area contributed by atoms with E-state index < -0.39 is 0 Å². The lowest BCUT2D eigenvalue weighted by atomic mass is 10.0. The van der Waals surface area contributed by atoms with Crippen LogP contribution >= 0.6 is 11.6 Å². The van der Waals surface area contributed by atoms with E-state index in [0.29, 0.717) is 27.6 Å². The lowest BCUT2D eigenvalue weighted by Crippen LogP contribution is -1.93. The summed E-state index contributed by atoms with van der Waals surface area (Å²) in [6.45, 7) is 0. The van der Waals surface area contributed by atoms with Crippen LogP contribution in [0.25, 0.3) is 22.0 Å². The van der Waals surface area contributed by atoms with E-state index in [1.165, 1.54) is 7.11 Å². The highest BCUT2D eigenvalue weighted by molar-refractivity contribution is 6.30. The van der Waals surface area contributed by atoms with Gasteiger partial charge >= 0.3 is 0 Å². The molecular weight excluding hydrogens is 300 g/mol. The van der Waals surface area contributed by atoms with Gasteiger partial charge in [0.05, 0.1) is 25.1 Å². The summed E-state index contributed by atoms with van der Waals surface area (Å²) < 4.78 is 10.8. The number of rotatable bonds is 3. The number of fused-ring (bicyclic) bond motifs is 1. The standard InChI is InChI=1S/C17H13ClN2O2/c1-21-14-7-15(22-2)16-13(9-20-17(16)12(14)8-19)10-3-5-11(18)6-4-10/h3-7,9,20H,1-2H3. The molecule has 2 aromatic carbocycles. The van der Waals surface area contributed by atoms with Crippen molar-refractivity contribution >= 4 is 22.5 Å². The highest BCUT2D eigenvalue weighted by Gasteiger charge is 2.18. The van der Waals surface area contributed by atoms with E-state index in [2.05, 4.69) is 11.1 Å². The second-order valence-electron chi connectivity index (χ2n) is 4.73. The monoisotopic (exact) mass is 312 g/mol. The first-order valence-electron chi connectivity index (χ1n) is 6.61. The predicted octanol–water partition coefficient (Wildman–Crippen LogP) is 4.38. The summed E-state index contributed by atoms with van der Waals surface area (Å²) in [4.78, 5) is 3.15. The van der Waals surface area contributed by atoms with Crippen molar-refractivity contribution in [3.05, 3.63) is 47.1 Å². The first kappa shape index (κ1) is 14.3. The van der Waals surface area contributed by atoms with Gasteiger partial charge in [-0.25, -0.2) is 0 Å². The number of methoxy groups -OCH3 is 2. The molecule has 0 atom stereocenters. The number of aromatic amines is 1. The van der Waals surface area contributed by atoms with Crippen LogP contribution in [-0.2, 0) is 0 Å². The van der Waals surface area contributed by atoms with Gasteiger partial charge in [-0.3, -0.25) is 0 Å². The summed E-state index contributed by atoms with van der Waals surface area (Å²) in [5.74, 6) is 1.13. The molecule has 4 nitrogen and oxygen atoms in total. The van der Waals surface area contributed by atoms with Gasteiger partial charge in [0.2, 0.25) is 0 Å². The van der Waals surface area contributed by atoms with Gasteiger partial charge < -0.3 is 14.5 Å². The van der Waals surface area contributed by atoms with Crippen molar-refractivity contribution in [2.45, 2.75) is 0 Å². The lowest BCUT2D eigenvalue weighted by Gasteiger charge is -2.10. The number of H-pyrrole nitrogens is 1. The van der Waals surface area contributed by atoms with Gasteiger partial charge in [0.25, 0.3) is 0 Å². The van der Waals surface area contributed by atoms with Crippen molar-refractivity contribution in [2.24, 2.45) is 0 Å². The molecule has 3 rings (SSSR count). The summed E-state index contributed by atoms with van der Waals surface area (Å²) in [6, 6.07) is 11.4. The smallest absolute Gasteiger partial charge is 0.142 e. The fourth-order valence-corrected chi connectivity index (χ4v) is 2.68. The number of nitrogens with one attached hydrogen (secondary N) is 1. The van der Waals surface area contributed by atoms with E-state index in [9.17, 15) is 5.26 Å². The van der Waals surface area contributed by atoms with E-state index >= 15 is 0 Å². The molecule has 0 amide bonds. The second-order valence-corrected chi connectivity index (χ2v) is 5.16. The van der Waals surface area contributed by atoms with Gasteiger partial charge in [-0.15, -0.1) is 0 Å².